The number of methoxy groups -OCH3 is 1. The molecule has 0 spiro atoms. The Morgan fingerprint density at radius 3 is 2.06 bits per heavy atom. The number of benzene rings is 3. The van der Waals surface area contributed by atoms with E-state index in [9.17, 15) is 0 Å². The van der Waals surface area contributed by atoms with Crippen LogP contribution in [0.2, 0.25) is 0 Å². The van der Waals surface area contributed by atoms with E-state index >= 15 is 0 Å². The van der Waals surface area contributed by atoms with Crippen LogP contribution in [0, 0.1) is 26.7 Å². The minimum atomic E-state index is 0.572. The Bertz CT molecular complexity index is 1210. The second-order valence-corrected chi connectivity index (χ2v) is 8.99. The van der Waals surface area contributed by atoms with E-state index in [0.29, 0.717) is 5.92 Å². The van der Waals surface area contributed by atoms with Crippen LogP contribution in [0.1, 0.15) is 36.1 Å². The summed E-state index contributed by atoms with van der Waals surface area (Å²) in [6, 6.07) is 19.7. The second kappa shape index (κ2) is 8.55. The maximum absolute atomic E-state index is 5.50. The van der Waals surface area contributed by atoms with E-state index in [1.165, 1.54) is 44.2 Å². The predicted octanol–water partition coefficient (Wildman–Crippen LogP) is 7.70. The van der Waals surface area contributed by atoms with Gasteiger partial charge in [-0.2, -0.15) is 0 Å². The Balaban J connectivity index is 1.81. The summed E-state index contributed by atoms with van der Waals surface area (Å²) in [5.74, 6) is 1.46. The van der Waals surface area contributed by atoms with Crippen molar-refractivity contribution in [1.29, 1.82) is 0 Å². The van der Waals surface area contributed by atoms with E-state index in [2.05, 4.69) is 83.1 Å². The topological polar surface area (TPSA) is 22.1 Å². The van der Waals surface area contributed by atoms with Crippen molar-refractivity contribution >= 4 is 10.8 Å². The quantitative estimate of drug-likeness (QED) is 0.337. The molecule has 0 aliphatic heterocycles. The van der Waals surface area contributed by atoms with E-state index in [4.69, 9.17) is 9.72 Å². The number of ether oxygens (including phenoxy) is 1. The summed E-state index contributed by atoms with van der Waals surface area (Å²) in [6.07, 6.45) is 3.04. The van der Waals surface area contributed by atoms with Crippen LogP contribution in [0.4, 0.5) is 0 Å². The average molecular weight is 410 g/mol. The molecule has 2 nitrogen and oxygen atoms in total. The molecule has 0 radical (unpaired) electrons. The fourth-order valence-electron chi connectivity index (χ4n) is 4.67. The minimum absolute atomic E-state index is 0.572. The summed E-state index contributed by atoms with van der Waals surface area (Å²) in [5.41, 5.74) is 9.95. The van der Waals surface area contributed by atoms with Crippen molar-refractivity contribution in [2.75, 3.05) is 7.11 Å². The van der Waals surface area contributed by atoms with Crippen LogP contribution in [0.3, 0.4) is 0 Å². The van der Waals surface area contributed by atoms with Crippen LogP contribution in [0.5, 0.6) is 5.75 Å². The molecule has 0 saturated carbocycles. The smallest absolute Gasteiger partial charge is 0.119 e. The van der Waals surface area contributed by atoms with Gasteiger partial charge in [0.15, 0.2) is 0 Å². The van der Waals surface area contributed by atoms with E-state index < -0.39 is 0 Å². The molecule has 0 unspecified atom stereocenters. The number of fused-ring (bicyclic) bond motifs is 1. The number of aryl methyl sites for hydroxylation is 3. The molecule has 0 saturated heterocycles. The first-order valence-corrected chi connectivity index (χ1v) is 11.0. The lowest BCUT2D eigenvalue weighted by Gasteiger charge is -2.15. The first-order chi connectivity index (χ1) is 14.9. The molecule has 158 valence electrons. The molecule has 4 aromatic rings. The largest absolute Gasteiger partial charge is 0.497 e. The van der Waals surface area contributed by atoms with Gasteiger partial charge in [0.1, 0.15) is 5.75 Å². The summed E-state index contributed by atoms with van der Waals surface area (Å²) < 4.78 is 5.50. The van der Waals surface area contributed by atoms with Crippen molar-refractivity contribution in [2.45, 2.75) is 41.0 Å². The number of aromatic nitrogens is 1. The standard InChI is InChI=1S/C29H31NO/c1-18(2)13-24-17-30-29(26-12-11-25(31-6)16-27(24)26)23-9-7-22(8-10-23)28-20(4)14-19(3)15-21(28)5/h7-12,14-18H,13H2,1-6H3. The Morgan fingerprint density at radius 1 is 0.806 bits per heavy atom. The Labute approximate surface area is 185 Å². The van der Waals surface area contributed by atoms with E-state index in [1.54, 1.807) is 7.11 Å². The van der Waals surface area contributed by atoms with Gasteiger partial charge in [0.25, 0.3) is 0 Å². The highest BCUT2D eigenvalue weighted by Crippen LogP contribution is 2.34. The fourth-order valence-corrected chi connectivity index (χ4v) is 4.67. The highest BCUT2D eigenvalue weighted by atomic mass is 16.5. The predicted molar refractivity (Wildman–Crippen MR) is 132 cm³/mol. The number of hydrogen-bond acceptors (Lipinski definition) is 2. The lowest BCUT2D eigenvalue weighted by molar-refractivity contribution is 0.415. The molecule has 2 heteroatoms. The monoisotopic (exact) mass is 409 g/mol. The van der Waals surface area contributed by atoms with Crippen molar-refractivity contribution in [2.24, 2.45) is 5.92 Å². The average Bonchev–Trinajstić information content (AvgIpc) is 2.73. The summed E-state index contributed by atoms with van der Waals surface area (Å²) in [6.45, 7) is 11.0. The molecule has 0 fully saturated rings. The van der Waals surface area contributed by atoms with Crippen molar-refractivity contribution in [3.8, 4) is 28.1 Å². The SMILES string of the molecule is COc1ccc2c(-c3ccc(-c4c(C)cc(C)cc4C)cc3)ncc(CC(C)C)c2c1. The van der Waals surface area contributed by atoms with Gasteiger partial charge in [-0.05, 0) is 84.5 Å². The fraction of sp³-hybridized carbons (Fsp3) is 0.276. The molecule has 0 N–H and O–H groups in total. The van der Waals surface area contributed by atoms with Crippen molar-refractivity contribution in [3.05, 3.63) is 83.0 Å². The Kier molecular flexibility index (Phi) is 5.82. The van der Waals surface area contributed by atoms with E-state index in [-0.39, 0.29) is 0 Å². The highest BCUT2D eigenvalue weighted by molar-refractivity contribution is 5.97. The van der Waals surface area contributed by atoms with Gasteiger partial charge in [0.05, 0.1) is 12.8 Å². The molecule has 0 aliphatic carbocycles. The van der Waals surface area contributed by atoms with Crippen LogP contribution in [0.15, 0.2) is 60.8 Å². The number of nitrogens with zero attached hydrogens (tertiary/aromatic N) is 1. The van der Waals surface area contributed by atoms with Crippen LogP contribution in [0.25, 0.3) is 33.2 Å². The number of hydrogen-bond donors (Lipinski definition) is 0. The number of pyridine rings is 1. The molecule has 0 atom stereocenters. The lowest BCUT2D eigenvalue weighted by atomic mass is 9.92. The lowest BCUT2D eigenvalue weighted by Crippen LogP contribution is -1.98. The maximum atomic E-state index is 5.50. The Morgan fingerprint density at radius 2 is 1.45 bits per heavy atom. The minimum Gasteiger partial charge on any atom is -0.497 e. The molecule has 1 aromatic heterocycles. The molecule has 31 heavy (non-hydrogen) atoms. The van der Waals surface area contributed by atoms with E-state index in [1.807, 2.05) is 12.3 Å². The third-order valence-corrected chi connectivity index (χ3v) is 5.93. The molecule has 0 bridgehead atoms. The molecule has 0 amide bonds. The third kappa shape index (κ3) is 4.20. The maximum Gasteiger partial charge on any atom is 0.119 e. The first-order valence-electron chi connectivity index (χ1n) is 11.0. The normalized spacial score (nSPS) is 11.3. The second-order valence-electron chi connectivity index (χ2n) is 8.99. The molecule has 1 heterocycles. The van der Waals surface area contributed by atoms with Gasteiger partial charge in [-0.15, -0.1) is 0 Å². The van der Waals surface area contributed by atoms with Gasteiger partial charge in [0, 0.05) is 17.1 Å². The van der Waals surface area contributed by atoms with Crippen LogP contribution >= 0.6 is 0 Å². The summed E-state index contributed by atoms with van der Waals surface area (Å²) in [4.78, 5) is 4.89. The molecule has 4 rings (SSSR count). The van der Waals surface area contributed by atoms with Crippen LogP contribution < -0.4 is 4.74 Å². The van der Waals surface area contributed by atoms with Crippen molar-refractivity contribution < 1.29 is 4.74 Å². The highest BCUT2D eigenvalue weighted by Gasteiger charge is 2.13. The van der Waals surface area contributed by atoms with Crippen molar-refractivity contribution in [3.63, 3.8) is 0 Å². The van der Waals surface area contributed by atoms with E-state index in [0.717, 1.165) is 23.4 Å². The summed E-state index contributed by atoms with van der Waals surface area (Å²) in [7, 11) is 1.72. The van der Waals surface area contributed by atoms with Gasteiger partial charge < -0.3 is 4.74 Å². The summed E-state index contributed by atoms with van der Waals surface area (Å²) >= 11 is 0. The first kappa shape index (κ1) is 21.1. The molecule has 0 aliphatic rings. The van der Waals surface area contributed by atoms with Gasteiger partial charge in [-0.25, -0.2) is 0 Å². The molecular weight excluding hydrogens is 378 g/mol. The number of rotatable bonds is 5. The molecular formula is C29H31NO. The van der Waals surface area contributed by atoms with Gasteiger partial charge in [-0.3, -0.25) is 4.98 Å². The Hall–Kier alpha value is -3.13. The van der Waals surface area contributed by atoms with Crippen molar-refractivity contribution in [1.82, 2.24) is 4.98 Å². The van der Waals surface area contributed by atoms with Gasteiger partial charge in [-0.1, -0.05) is 55.8 Å². The van der Waals surface area contributed by atoms with Gasteiger partial charge >= 0.3 is 0 Å². The third-order valence-electron chi connectivity index (χ3n) is 5.93. The zero-order valence-electron chi connectivity index (χ0n) is 19.4. The zero-order valence-corrected chi connectivity index (χ0v) is 19.4. The van der Waals surface area contributed by atoms with Crippen LogP contribution in [-0.4, -0.2) is 12.1 Å². The summed E-state index contributed by atoms with van der Waals surface area (Å²) in [5, 5.41) is 2.40. The molecule has 3 aromatic carbocycles. The zero-order chi connectivity index (χ0) is 22.1. The van der Waals surface area contributed by atoms with Gasteiger partial charge in [0.2, 0.25) is 0 Å². The van der Waals surface area contributed by atoms with Crippen LogP contribution in [-0.2, 0) is 6.42 Å².